The van der Waals surface area contributed by atoms with Crippen molar-refractivity contribution in [2.75, 3.05) is 18.4 Å². The Morgan fingerprint density at radius 3 is 2.72 bits per heavy atom. The lowest BCUT2D eigenvalue weighted by Gasteiger charge is -2.32. The van der Waals surface area contributed by atoms with Crippen molar-refractivity contribution in [3.63, 3.8) is 0 Å². The SMILES string of the molecule is O=C(Nc1ncccc1O)[C@@H]1CCCN(C(=O)c2ccc(Cl)cc2)C1. The summed E-state index contributed by atoms with van der Waals surface area (Å²) in [5.74, 6) is -0.654. The van der Waals surface area contributed by atoms with Gasteiger partial charge in [-0.1, -0.05) is 11.6 Å². The van der Waals surface area contributed by atoms with Crippen LogP contribution in [0, 0.1) is 5.92 Å². The van der Waals surface area contributed by atoms with Gasteiger partial charge in [-0.2, -0.15) is 0 Å². The van der Waals surface area contributed by atoms with Crippen LogP contribution in [0.2, 0.25) is 5.02 Å². The van der Waals surface area contributed by atoms with E-state index in [2.05, 4.69) is 10.3 Å². The minimum absolute atomic E-state index is 0.0826. The molecule has 1 aliphatic heterocycles. The number of piperidine rings is 1. The molecule has 0 bridgehead atoms. The Kier molecular flexibility index (Phi) is 5.19. The molecule has 1 aliphatic rings. The molecule has 2 aromatic rings. The van der Waals surface area contributed by atoms with Crippen LogP contribution in [-0.4, -0.2) is 39.9 Å². The highest BCUT2D eigenvalue weighted by Crippen LogP contribution is 2.23. The van der Waals surface area contributed by atoms with Crippen molar-refractivity contribution in [2.24, 2.45) is 5.92 Å². The highest BCUT2D eigenvalue weighted by molar-refractivity contribution is 6.30. The predicted octanol–water partition coefficient (Wildman–Crippen LogP) is 2.93. The van der Waals surface area contributed by atoms with Crippen LogP contribution in [0.5, 0.6) is 5.75 Å². The summed E-state index contributed by atoms with van der Waals surface area (Å²) in [7, 11) is 0. The first-order valence-electron chi connectivity index (χ1n) is 8.04. The molecular formula is C18H18ClN3O3. The van der Waals surface area contributed by atoms with Crippen LogP contribution < -0.4 is 5.32 Å². The molecule has 0 aliphatic carbocycles. The fraction of sp³-hybridized carbons (Fsp3) is 0.278. The molecule has 1 atom stereocenters. The molecular weight excluding hydrogens is 342 g/mol. The quantitative estimate of drug-likeness (QED) is 0.882. The van der Waals surface area contributed by atoms with Crippen LogP contribution in [0.3, 0.4) is 0 Å². The number of halogens is 1. The summed E-state index contributed by atoms with van der Waals surface area (Å²) < 4.78 is 0. The van der Waals surface area contributed by atoms with Crippen LogP contribution in [-0.2, 0) is 4.79 Å². The highest BCUT2D eigenvalue weighted by Gasteiger charge is 2.29. The summed E-state index contributed by atoms with van der Waals surface area (Å²) in [6, 6.07) is 9.75. The van der Waals surface area contributed by atoms with E-state index in [0.717, 1.165) is 6.42 Å². The van der Waals surface area contributed by atoms with Crippen LogP contribution >= 0.6 is 11.6 Å². The minimum atomic E-state index is -0.341. The topological polar surface area (TPSA) is 82.5 Å². The molecule has 2 heterocycles. The standard InChI is InChI=1S/C18H18ClN3O3/c19-14-7-5-12(6-8-14)18(25)22-10-2-3-13(11-22)17(24)21-16-15(23)4-1-9-20-16/h1,4-9,13,23H,2-3,10-11H2,(H,20,21,24)/t13-/m1/s1. The number of carbonyl (C=O) groups excluding carboxylic acids is 2. The number of nitrogens with one attached hydrogen (secondary N) is 1. The zero-order valence-electron chi connectivity index (χ0n) is 13.5. The van der Waals surface area contributed by atoms with Gasteiger partial charge in [-0.3, -0.25) is 9.59 Å². The summed E-state index contributed by atoms with van der Waals surface area (Å²) in [5.41, 5.74) is 0.549. The largest absolute Gasteiger partial charge is 0.504 e. The molecule has 7 heteroatoms. The first-order valence-corrected chi connectivity index (χ1v) is 8.42. The molecule has 1 aromatic heterocycles. The fourth-order valence-electron chi connectivity index (χ4n) is 2.86. The van der Waals surface area contributed by atoms with Crippen LogP contribution in [0.4, 0.5) is 5.82 Å². The molecule has 130 valence electrons. The average Bonchev–Trinajstić information content (AvgIpc) is 2.64. The normalized spacial score (nSPS) is 17.2. The smallest absolute Gasteiger partial charge is 0.253 e. The van der Waals surface area contributed by atoms with Crippen LogP contribution in [0.1, 0.15) is 23.2 Å². The lowest BCUT2D eigenvalue weighted by atomic mass is 9.96. The lowest BCUT2D eigenvalue weighted by Crippen LogP contribution is -2.43. The van der Waals surface area contributed by atoms with Crippen LogP contribution in [0.25, 0.3) is 0 Å². The summed E-state index contributed by atoms with van der Waals surface area (Å²) in [6.07, 6.45) is 2.92. The Labute approximate surface area is 150 Å². The van der Waals surface area contributed by atoms with E-state index in [1.807, 2.05) is 0 Å². The summed E-state index contributed by atoms with van der Waals surface area (Å²) in [4.78, 5) is 30.7. The van der Waals surface area contributed by atoms with Crippen molar-refractivity contribution < 1.29 is 14.7 Å². The molecule has 2 amide bonds. The number of hydrogen-bond donors (Lipinski definition) is 2. The van der Waals surface area contributed by atoms with Gasteiger partial charge in [-0.15, -0.1) is 0 Å². The van der Waals surface area contributed by atoms with E-state index in [9.17, 15) is 14.7 Å². The minimum Gasteiger partial charge on any atom is -0.504 e. The first kappa shape index (κ1) is 17.2. The zero-order valence-corrected chi connectivity index (χ0v) is 14.2. The van der Waals surface area contributed by atoms with E-state index >= 15 is 0 Å². The lowest BCUT2D eigenvalue weighted by molar-refractivity contribution is -0.121. The molecule has 0 radical (unpaired) electrons. The van der Waals surface area contributed by atoms with Crippen LogP contribution in [0.15, 0.2) is 42.6 Å². The third-order valence-corrected chi connectivity index (χ3v) is 4.45. The molecule has 2 N–H and O–H groups in total. The maximum Gasteiger partial charge on any atom is 0.253 e. The number of carbonyl (C=O) groups is 2. The Morgan fingerprint density at radius 2 is 2.00 bits per heavy atom. The maximum absolute atomic E-state index is 12.6. The average molecular weight is 360 g/mol. The Hall–Kier alpha value is -2.60. The van der Waals surface area contributed by atoms with Crippen molar-refractivity contribution >= 4 is 29.2 Å². The molecule has 1 aromatic carbocycles. The number of hydrogen-bond acceptors (Lipinski definition) is 4. The number of benzene rings is 1. The van der Waals surface area contributed by atoms with Gasteiger partial charge in [-0.25, -0.2) is 4.98 Å². The number of likely N-dealkylation sites (tertiary alicyclic amines) is 1. The molecule has 0 spiro atoms. The number of amides is 2. The number of aromatic hydroxyl groups is 1. The molecule has 6 nitrogen and oxygen atoms in total. The number of rotatable bonds is 3. The van der Waals surface area contributed by atoms with Gasteiger partial charge in [0.05, 0.1) is 5.92 Å². The third-order valence-electron chi connectivity index (χ3n) is 4.20. The Balaban J connectivity index is 1.66. The molecule has 25 heavy (non-hydrogen) atoms. The van der Waals surface area contributed by atoms with Gasteiger partial charge < -0.3 is 15.3 Å². The van der Waals surface area contributed by atoms with E-state index < -0.39 is 0 Å². The summed E-state index contributed by atoms with van der Waals surface area (Å²) in [6.45, 7) is 0.945. The van der Waals surface area contributed by atoms with Crippen molar-refractivity contribution in [3.05, 3.63) is 53.2 Å². The Bertz CT molecular complexity index is 779. The molecule has 3 rings (SSSR count). The highest BCUT2D eigenvalue weighted by atomic mass is 35.5. The van der Waals surface area contributed by atoms with Gasteiger partial charge in [0.25, 0.3) is 5.91 Å². The monoisotopic (exact) mass is 359 g/mol. The van der Waals surface area contributed by atoms with Gasteiger partial charge >= 0.3 is 0 Å². The van der Waals surface area contributed by atoms with Crippen molar-refractivity contribution in [2.45, 2.75) is 12.8 Å². The second-order valence-corrected chi connectivity index (χ2v) is 6.39. The van der Waals surface area contributed by atoms with E-state index in [1.54, 1.807) is 35.2 Å². The predicted molar refractivity (Wildman–Crippen MR) is 94.6 cm³/mol. The van der Waals surface area contributed by atoms with Gasteiger partial charge in [0, 0.05) is 29.9 Å². The van der Waals surface area contributed by atoms with Gasteiger partial charge in [0.1, 0.15) is 0 Å². The molecule has 1 fully saturated rings. The number of pyridine rings is 1. The molecule has 0 saturated carbocycles. The zero-order chi connectivity index (χ0) is 17.8. The van der Waals surface area contributed by atoms with Gasteiger partial charge in [0.15, 0.2) is 11.6 Å². The summed E-state index contributed by atoms with van der Waals surface area (Å²) in [5, 5.41) is 12.9. The van der Waals surface area contributed by atoms with Crippen molar-refractivity contribution in [1.29, 1.82) is 0 Å². The first-order chi connectivity index (χ1) is 12.0. The Morgan fingerprint density at radius 1 is 1.24 bits per heavy atom. The number of aromatic nitrogens is 1. The van der Waals surface area contributed by atoms with E-state index in [0.29, 0.717) is 30.1 Å². The van der Waals surface area contributed by atoms with Crippen molar-refractivity contribution in [3.8, 4) is 5.75 Å². The van der Waals surface area contributed by atoms with Gasteiger partial charge in [0.2, 0.25) is 5.91 Å². The fourth-order valence-corrected chi connectivity index (χ4v) is 2.99. The van der Waals surface area contributed by atoms with E-state index in [4.69, 9.17) is 11.6 Å². The second-order valence-electron chi connectivity index (χ2n) is 5.96. The van der Waals surface area contributed by atoms with E-state index in [-0.39, 0.29) is 29.3 Å². The second kappa shape index (κ2) is 7.53. The van der Waals surface area contributed by atoms with Crippen molar-refractivity contribution in [1.82, 2.24) is 9.88 Å². The number of anilines is 1. The van der Waals surface area contributed by atoms with E-state index in [1.165, 1.54) is 12.3 Å². The van der Waals surface area contributed by atoms with Gasteiger partial charge in [-0.05, 0) is 49.2 Å². The third kappa shape index (κ3) is 4.09. The maximum atomic E-state index is 12.6. The summed E-state index contributed by atoms with van der Waals surface area (Å²) >= 11 is 5.85. The molecule has 0 unspecified atom stereocenters. The number of nitrogens with zero attached hydrogens (tertiary/aromatic N) is 2. The molecule has 1 saturated heterocycles.